The van der Waals surface area contributed by atoms with E-state index in [4.69, 9.17) is 21.3 Å². The smallest absolute Gasteiger partial charge is 0.753 e. The fraction of sp³-hybridized carbons (Fsp3) is 0.214. The van der Waals surface area contributed by atoms with Crippen molar-refractivity contribution in [3.8, 4) is 28.5 Å². The number of hydrogen-bond donors (Lipinski definition) is 1. The maximum absolute atomic E-state index is 12.4. The number of nitrogens with one attached hydrogen (secondary N) is 2. The summed E-state index contributed by atoms with van der Waals surface area (Å²) in [6.07, 6.45) is 13.2. The molecule has 0 aliphatic heterocycles. The number of halogens is 3. The van der Waals surface area contributed by atoms with Gasteiger partial charge in [0.25, 0.3) is 19.4 Å². The summed E-state index contributed by atoms with van der Waals surface area (Å²) in [6.45, 7) is 5.71. The zero-order chi connectivity index (χ0) is 44.2. The third kappa shape index (κ3) is 20.3. The number of allylic oxidation sites excluding steroid dienone is 1. The van der Waals surface area contributed by atoms with Crippen LogP contribution in [0.15, 0.2) is 92.0 Å². The third-order valence-corrected chi connectivity index (χ3v) is 7.75. The Balaban J connectivity index is 0.000000590. The van der Waals surface area contributed by atoms with Crippen LogP contribution in [0.4, 0.5) is 13.2 Å². The number of alkyl halides is 3. The minimum atomic E-state index is -4.77. The third-order valence-electron chi connectivity index (χ3n) is 7.75. The van der Waals surface area contributed by atoms with Crippen molar-refractivity contribution in [2.24, 2.45) is 5.92 Å². The van der Waals surface area contributed by atoms with E-state index in [0.29, 0.717) is 72.1 Å². The number of carbonyl (C=O) groups excluding carboxylic acids is 3. The number of rotatable bonds is 20. The summed E-state index contributed by atoms with van der Waals surface area (Å²) in [6, 6.07) is 13.6. The summed E-state index contributed by atoms with van der Waals surface area (Å²) in [4.78, 5) is 48.5. The van der Waals surface area contributed by atoms with Crippen molar-refractivity contribution in [2.75, 3.05) is 6.61 Å². The Labute approximate surface area is 368 Å². The molecule has 0 amide bonds. The Morgan fingerprint density at radius 2 is 1.30 bits per heavy atom. The van der Waals surface area contributed by atoms with E-state index in [1.165, 1.54) is 36.2 Å². The summed E-state index contributed by atoms with van der Waals surface area (Å²) in [5.74, 6) is 0.887. The molecule has 0 saturated carbocycles. The van der Waals surface area contributed by atoms with Gasteiger partial charge in [-0.15, -0.1) is 5.70 Å². The first-order valence-corrected chi connectivity index (χ1v) is 18.2. The average Bonchev–Trinajstić information content (AvgIpc) is 3.24. The van der Waals surface area contributed by atoms with Gasteiger partial charge >= 0.3 is 25.7 Å². The van der Waals surface area contributed by atoms with Gasteiger partial charge in [0.05, 0.1) is 53.9 Å². The normalized spacial score (nSPS) is 11.5. The molecule has 0 aromatic carbocycles. The fourth-order valence-electron chi connectivity index (χ4n) is 4.80. The molecule has 14 nitrogen and oxygen atoms in total. The van der Waals surface area contributed by atoms with Gasteiger partial charge in [0, 0.05) is 24.7 Å². The van der Waals surface area contributed by atoms with Gasteiger partial charge in [-0.1, -0.05) is 45.3 Å². The molecule has 4 aromatic rings. The van der Waals surface area contributed by atoms with Crippen molar-refractivity contribution in [1.29, 1.82) is 5.41 Å². The van der Waals surface area contributed by atoms with Crippen LogP contribution in [0, 0.1) is 11.3 Å². The number of hydrogen-bond acceptors (Lipinski definition) is 13. The predicted octanol–water partition coefficient (Wildman–Crippen LogP) is 9.94. The van der Waals surface area contributed by atoms with Crippen molar-refractivity contribution < 1.29 is 66.0 Å². The van der Waals surface area contributed by atoms with Crippen molar-refractivity contribution >= 4 is 66.4 Å². The predicted molar refractivity (Wildman–Crippen MR) is 224 cm³/mol. The van der Waals surface area contributed by atoms with Crippen molar-refractivity contribution in [2.45, 2.75) is 45.7 Å². The molecule has 0 saturated heterocycles. The van der Waals surface area contributed by atoms with Crippen molar-refractivity contribution in [3.63, 3.8) is 0 Å². The molecule has 19 heteroatoms. The first-order valence-electron chi connectivity index (χ1n) is 17.8. The number of carbonyl (C=O) groups is 3. The van der Waals surface area contributed by atoms with Crippen molar-refractivity contribution in [3.05, 3.63) is 126 Å². The molecule has 4 rings (SSSR count). The zero-order valence-corrected chi connectivity index (χ0v) is 35.3. The molecule has 320 valence electrons. The van der Waals surface area contributed by atoms with Crippen LogP contribution in [0.25, 0.3) is 57.8 Å². The van der Waals surface area contributed by atoms with Crippen LogP contribution in [-0.4, -0.2) is 63.0 Å². The van der Waals surface area contributed by atoms with Gasteiger partial charge in [-0.25, -0.2) is 4.98 Å². The van der Waals surface area contributed by atoms with Crippen LogP contribution >= 0.6 is 12.2 Å². The number of ether oxygens (including phenoxy) is 4. The molecular formula is C42H40F3N7O7RuS. The minimum Gasteiger partial charge on any atom is -0.753 e. The second-order valence-corrected chi connectivity index (χ2v) is 12.1. The minimum absolute atomic E-state index is 0. The van der Waals surface area contributed by atoms with Gasteiger partial charge in [-0.3, -0.25) is 34.7 Å². The van der Waals surface area contributed by atoms with Gasteiger partial charge in [-0.2, -0.15) is 18.3 Å². The number of thiocarbonyl (C=S) groups is 1. The molecule has 1 unspecified atom stereocenters. The van der Waals surface area contributed by atoms with Gasteiger partial charge < -0.3 is 30.1 Å². The molecule has 0 spiro atoms. The molecular weight excluding hydrogens is 905 g/mol. The van der Waals surface area contributed by atoms with E-state index in [-0.39, 0.29) is 25.2 Å². The van der Waals surface area contributed by atoms with E-state index in [9.17, 15) is 27.6 Å². The number of isothiocyanates is 1. The number of unbranched alkanes of at least 4 members (excludes halogenated alkanes) is 1. The van der Waals surface area contributed by atoms with Gasteiger partial charge in [0.15, 0.2) is 0 Å². The Morgan fingerprint density at radius 1 is 0.820 bits per heavy atom. The molecule has 0 bridgehead atoms. The molecule has 0 aliphatic rings. The first-order chi connectivity index (χ1) is 28.9. The van der Waals surface area contributed by atoms with Crippen LogP contribution in [0.2, 0.25) is 0 Å². The zero-order valence-electron chi connectivity index (χ0n) is 32.7. The molecule has 61 heavy (non-hydrogen) atoms. The van der Waals surface area contributed by atoms with Crippen LogP contribution in [-0.2, 0) is 48.1 Å². The molecule has 4 heterocycles. The van der Waals surface area contributed by atoms with Crippen LogP contribution in [0.1, 0.15) is 61.9 Å². The second kappa shape index (κ2) is 29.6. The van der Waals surface area contributed by atoms with Crippen molar-refractivity contribution in [1.82, 2.24) is 19.9 Å². The van der Waals surface area contributed by atoms with E-state index in [0.717, 1.165) is 36.8 Å². The maximum atomic E-state index is 12.4. The van der Waals surface area contributed by atoms with Gasteiger partial charge in [0.1, 0.15) is 11.5 Å². The summed E-state index contributed by atoms with van der Waals surface area (Å²) in [5.41, 5.74) is 10.0. The quantitative estimate of drug-likeness (QED) is 0.0219. The molecule has 1 atom stereocenters. The fourth-order valence-corrected chi connectivity index (χ4v) is 4.80. The molecule has 4 aromatic heterocycles. The number of nitrogens with zero attached hydrogens (tertiary/aromatic N) is 5. The van der Waals surface area contributed by atoms with E-state index in [1.54, 1.807) is 73.1 Å². The number of pyridine rings is 4. The monoisotopic (exact) mass is 945 g/mol. The molecule has 0 fully saturated rings. The van der Waals surface area contributed by atoms with E-state index in [1.807, 2.05) is 0 Å². The van der Waals surface area contributed by atoms with Crippen LogP contribution < -0.4 is 4.74 Å². The van der Waals surface area contributed by atoms with E-state index >= 15 is 0 Å². The SMILES string of the molecule is CCCCC(CC)COc1ccnc(/C([NH-])=C/C(=N)C(F)(F)F)c1.O=CO/C=C/c1ccnc(-c2cc(/C=C/OC=O)cc(-c3cc(/C=C/OC=O)ccn3)n2)c1.[N-]=C=S.[Ru+2]. The molecule has 0 radical (unpaired) electrons. The van der Waals surface area contributed by atoms with Crippen LogP contribution in [0.3, 0.4) is 0 Å². The van der Waals surface area contributed by atoms with Gasteiger partial charge in [0.2, 0.25) is 0 Å². The topological polar surface area (TPSA) is 210 Å². The molecule has 0 aliphatic carbocycles. The summed E-state index contributed by atoms with van der Waals surface area (Å²) in [5, 5.41) is 15.4. The maximum Gasteiger partial charge on any atom is 2.00 e. The largest absolute Gasteiger partial charge is 2.00 e. The average molecular weight is 945 g/mol. The summed E-state index contributed by atoms with van der Waals surface area (Å²) < 4.78 is 56.6. The Kier molecular flexibility index (Phi) is 25.5. The second-order valence-electron chi connectivity index (χ2n) is 11.9. The van der Waals surface area contributed by atoms with Gasteiger partial charge in [-0.05, 0) is 95.8 Å². The van der Waals surface area contributed by atoms with E-state index in [2.05, 4.69) is 60.2 Å². The van der Waals surface area contributed by atoms with Crippen LogP contribution in [0.5, 0.6) is 5.75 Å². The Hall–Kier alpha value is -6.55. The number of aromatic nitrogens is 4. The first kappa shape index (κ1) is 52.5. The summed E-state index contributed by atoms with van der Waals surface area (Å²) in [7, 11) is 0. The Morgan fingerprint density at radius 3 is 1.75 bits per heavy atom. The summed E-state index contributed by atoms with van der Waals surface area (Å²) >= 11 is 3.70. The molecule has 2 N–H and O–H groups in total. The standard InChI is InChI=1S/C24H17N3O6.C17H23F3N3O.CNS.Ru/c28-15-31-8-3-18-1-6-25-21(11-18)23-13-20(5-10-33-17-30)14-24(27-23)22-12-19(2-7-26-22)4-9-32-16-29;1-3-5-6-12(4-2)11-24-13-7-8-23-15(9-13)14(21)10-16(22)17(18,19)20;2-1-3;/h1-17H;7-10,12,21-22H,3-6,11H2,1-2H3;;/q;2*-1;+2/b8-3+,9-4+,10-5+;14-10-,22-16?;;. The Bertz CT molecular complexity index is 2100. The van der Waals surface area contributed by atoms with E-state index < -0.39 is 17.6 Å².